The minimum absolute atomic E-state index is 1.04. The Morgan fingerprint density at radius 1 is 0.400 bits per heavy atom. The molecule has 0 spiro atoms. The standard InChI is InChI=1S/C43H28N2/c1-2-10-29(11-3-1)34-23-24-41-39(28-34)38-18-4-5-20-40(38)45(41)36-17-7-14-33(27-36)32-13-6-15-35(26-32)37-19-8-12-30-21-22-31-16-9-25-44-43(31)42(30)37/h1-28H. The molecule has 0 bridgehead atoms. The molecule has 2 aromatic heterocycles. The molecule has 0 aliphatic carbocycles. The van der Waals surface area contributed by atoms with E-state index >= 15 is 0 Å². The van der Waals surface area contributed by atoms with Crippen LogP contribution in [0.2, 0.25) is 0 Å². The second kappa shape index (κ2) is 10.3. The highest BCUT2D eigenvalue weighted by molar-refractivity contribution is 6.13. The summed E-state index contributed by atoms with van der Waals surface area (Å²) in [4.78, 5) is 4.79. The summed E-state index contributed by atoms with van der Waals surface area (Å²) in [5.74, 6) is 0. The Hall–Kier alpha value is -5.99. The minimum atomic E-state index is 1.04. The Morgan fingerprint density at radius 3 is 2.02 bits per heavy atom. The molecule has 0 saturated heterocycles. The summed E-state index contributed by atoms with van der Waals surface area (Å²) < 4.78 is 2.40. The number of benzene rings is 7. The van der Waals surface area contributed by atoms with Gasteiger partial charge in [-0.05, 0) is 81.2 Å². The van der Waals surface area contributed by atoms with Crippen LogP contribution in [0.3, 0.4) is 0 Å². The molecule has 2 nitrogen and oxygen atoms in total. The molecule has 0 unspecified atom stereocenters. The molecule has 0 atom stereocenters. The van der Waals surface area contributed by atoms with E-state index in [9.17, 15) is 0 Å². The summed E-state index contributed by atoms with van der Waals surface area (Å²) in [5, 5.41) is 6.07. The highest BCUT2D eigenvalue weighted by Crippen LogP contribution is 2.38. The molecule has 45 heavy (non-hydrogen) atoms. The van der Waals surface area contributed by atoms with Crippen molar-refractivity contribution in [1.82, 2.24) is 9.55 Å². The molecule has 210 valence electrons. The second-order valence-corrected chi connectivity index (χ2v) is 11.6. The van der Waals surface area contributed by atoms with Crippen molar-refractivity contribution >= 4 is 43.5 Å². The summed E-state index contributed by atoms with van der Waals surface area (Å²) in [6.07, 6.45) is 1.89. The molecular formula is C43H28N2. The number of para-hydroxylation sites is 1. The third-order valence-electron chi connectivity index (χ3n) is 9.01. The third-order valence-corrected chi connectivity index (χ3v) is 9.01. The number of nitrogens with zero attached hydrogens (tertiary/aromatic N) is 2. The van der Waals surface area contributed by atoms with Crippen molar-refractivity contribution in [3.63, 3.8) is 0 Å². The molecule has 9 aromatic rings. The van der Waals surface area contributed by atoms with Crippen LogP contribution in [-0.4, -0.2) is 9.55 Å². The van der Waals surface area contributed by atoms with E-state index in [0.29, 0.717) is 0 Å². The summed E-state index contributed by atoms with van der Waals surface area (Å²) >= 11 is 0. The monoisotopic (exact) mass is 572 g/mol. The van der Waals surface area contributed by atoms with Gasteiger partial charge in [0, 0.05) is 33.4 Å². The summed E-state index contributed by atoms with van der Waals surface area (Å²) in [7, 11) is 0. The van der Waals surface area contributed by atoms with Crippen molar-refractivity contribution in [1.29, 1.82) is 0 Å². The SMILES string of the molecule is c1ccc(-c2ccc3c(c2)c2ccccc2n3-c2cccc(-c3cccc(-c4cccc5ccc6cccnc6c45)c3)c2)cc1. The van der Waals surface area contributed by atoms with Crippen molar-refractivity contribution in [2.75, 3.05) is 0 Å². The smallest absolute Gasteiger partial charge is 0.0786 e. The molecule has 7 aromatic carbocycles. The molecule has 0 amide bonds. The van der Waals surface area contributed by atoms with Crippen LogP contribution in [-0.2, 0) is 0 Å². The molecule has 0 aliphatic heterocycles. The molecule has 0 saturated carbocycles. The quantitative estimate of drug-likeness (QED) is 0.192. The normalized spacial score (nSPS) is 11.6. The highest BCUT2D eigenvalue weighted by atomic mass is 15.0. The van der Waals surface area contributed by atoms with Gasteiger partial charge in [-0.1, -0.05) is 121 Å². The minimum Gasteiger partial charge on any atom is -0.309 e. The Kier molecular flexibility index (Phi) is 5.85. The van der Waals surface area contributed by atoms with Crippen LogP contribution in [0.25, 0.3) is 82.5 Å². The molecule has 0 N–H and O–H groups in total. The van der Waals surface area contributed by atoms with Crippen molar-refractivity contribution < 1.29 is 0 Å². The van der Waals surface area contributed by atoms with Crippen LogP contribution in [0.5, 0.6) is 0 Å². The molecule has 0 radical (unpaired) electrons. The van der Waals surface area contributed by atoms with Crippen LogP contribution in [0.4, 0.5) is 0 Å². The first-order chi connectivity index (χ1) is 22.3. The molecule has 2 heteroatoms. The maximum Gasteiger partial charge on any atom is 0.0786 e. The van der Waals surface area contributed by atoms with Gasteiger partial charge in [-0.3, -0.25) is 4.98 Å². The Morgan fingerprint density at radius 2 is 1.09 bits per heavy atom. The van der Waals surface area contributed by atoms with Gasteiger partial charge in [0.2, 0.25) is 0 Å². The Bertz CT molecular complexity index is 2540. The van der Waals surface area contributed by atoms with Gasteiger partial charge in [0.1, 0.15) is 0 Å². The first kappa shape index (κ1) is 25.5. The Labute approximate surface area is 261 Å². The summed E-state index contributed by atoms with van der Waals surface area (Å²) in [6.45, 7) is 0. The zero-order valence-electron chi connectivity index (χ0n) is 24.6. The van der Waals surface area contributed by atoms with Crippen LogP contribution in [0, 0.1) is 0 Å². The lowest BCUT2D eigenvalue weighted by atomic mass is 9.94. The molecule has 0 fully saturated rings. The van der Waals surface area contributed by atoms with Crippen molar-refractivity contribution in [3.05, 3.63) is 170 Å². The number of fused-ring (bicyclic) bond motifs is 6. The lowest BCUT2D eigenvalue weighted by Gasteiger charge is -2.13. The van der Waals surface area contributed by atoms with Gasteiger partial charge >= 0.3 is 0 Å². The number of hydrogen-bond donors (Lipinski definition) is 0. The molecular weight excluding hydrogens is 544 g/mol. The summed E-state index contributed by atoms with van der Waals surface area (Å²) in [5.41, 5.74) is 11.8. The van der Waals surface area contributed by atoms with E-state index in [0.717, 1.165) is 16.6 Å². The van der Waals surface area contributed by atoms with Gasteiger partial charge in [0.25, 0.3) is 0 Å². The maximum atomic E-state index is 4.79. The highest BCUT2D eigenvalue weighted by Gasteiger charge is 2.15. The van der Waals surface area contributed by atoms with Gasteiger partial charge in [-0.25, -0.2) is 0 Å². The van der Waals surface area contributed by atoms with Gasteiger partial charge in [0.15, 0.2) is 0 Å². The number of aromatic nitrogens is 2. The molecule has 0 aliphatic rings. The number of rotatable bonds is 4. The number of hydrogen-bond acceptors (Lipinski definition) is 1. The zero-order chi connectivity index (χ0) is 29.7. The molecule has 9 rings (SSSR count). The van der Waals surface area contributed by atoms with E-state index < -0.39 is 0 Å². The van der Waals surface area contributed by atoms with Crippen molar-refractivity contribution in [3.8, 4) is 39.1 Å². The van der Waals surface area contributed by atoms with E-state index in [4.69, 9.17) is 4.98 Å². The second-order valence-electron chi connectivity index (χ2n) is 11.6. The zero-order valence-corrected chi connectivity index (χ0v) is 24.6. The van der Waals surface area contributed by atoms with E-state index in [2.05, 4.69) is 162 Å². The van der Waals surface area contributed by atoms with Crippen LogP contribution >= 0.6 is 0 Å². The van der Waals surface area contributed by atoms with Crippen LogP contribution < -0.4 is 0 Å². The van der Waals surface area contributed by atoms with Crippen LogP contribution in [0.1, 0.15) is 0 Å². The Balaban J connectivity index is 1.19. The van der Waals surface area contributed by atoms with E-state index in [1.165, 1.54) is 66.0 Å². The summed E-state index contributed by atoms with van der Waals surface area (Å²) in [6, 6.07) is 59.0. The lowest BCUT2D eigenvalue weighted by molar-refractivity contribution is 1.18. The molecule has 2 heterocycles. The van der Waals surface area contributed by atoms with Crippen molar-refractivity contribution in [2.45, 2.75) is 0 Å². The fraction of sp³-hybridized carbons (Fsp3) is 0. The first-order valence-corrected chi connectivity index (χ1v) is 15.4. The average molecular weight is 573 g/mol. The largest absolute Gasteiger partial charge is 0.309 e. The van der Waals surface area contributed by atoms with Crippen LogP contribution in [0.15, 0.2) is 170 Å². The maximum absolute atomic E-state index is 4.79. The number of pyridine rings is 1. The van der Waals surface area contributed by atoms with Crippen molar-refractivity contribution in [2.24, 2.45) is 0 Å². The van der Waals surface area contributed by atoms with E-state index in [1.807, 2.05) is 12.3 Å². The first-order valence-electron chi connectivity index (χ1n) is 15.4. The topological polar surface area (TPSA) is 17.8 Å². The fourth-order valence-corrected chi connectivity index (χ4v) is 6.91. The predicted octanol–water partition coefficient (Wildman–Crippen LogP) is 11.5. The third kappa shape index (κ3) is 4.22. The van der Waals surface area contributed by atoms with Gasteiger partial charge in [-0.2, -0.15) is 0 Å². The fourth-order valence-electron chi connectivity index (χ4n) is 6.91. The van der Waals surface area contributed by atoms with Gasteiger partial charge in [-0.15, -0.1) is 0 Å². The predicted molar refractivity (Wildman–Crippen MR) is 190 cm³/mol. The van der Waals surface area contributed by atoms with Gasteiger partial charge < -0.3 is 4.57 Å². The lowest BCUT2D eigenvalue weighted by Crippen LogP contribution is -1.94. The van der Waals surface area contributed by atoms with Gasteiger partial charge in [0.05, 0.1) is 16.6 Å². The average Bonchev–Trinajstić information content (AvgIpc) is 3.45. The van der Waals surface area contributed by atoms with E-state index in [-0.39, 0.29) is 0 Å². The van der Waals surface area contributed by atoms with E-state index in [1.54, 1.807) is 0 Å².